The zero-order valence-corrected chi connectivity index (χ0v) is 19.9. The smallest absolute Gasteiger partial charge is 0.395 e. The Morgan fingerprint density at radius 2 is 1.69 bits per heavy atom. The number of anilines is 2. The molecule has 1 aromatic heterocycles. The number of benzene rings is 2. The van der Waals surface area contributed by atoms with Gasteiger partial charge in [-0.25, -0.2) is 0 Å². The van der Waals surface area contributed by atoms with Crippen LogP contribution in [-0.2, 0) is 15.0 Å². The first-order valence-corrected chi connectivity index (χ1v) is 12.6. The molecule has 6 rings (SSSR count). The molecule has 8 nitrogen and oxygen atoms in total. The molecule has 0 spiro atoms. The van der Waals surface area contributed by atoms with E-state index in [0.717, 1.165) is 42.8 Å². The second-order valence-corrected chi connectivity index (χ2v) is 10.1. The number of nitrogens with one attached hydrogen (secondary N) is 2. The third-order valence-electron chi connectivity index (χ3n) is 6.92. The largest absolute Gasteiger partial charge is 0.586 e. The number of alkyl halides is 2. The zero-order chi connectivity index (χ0) is 24.9. The van der Waals surface area contributed by atoms with Gasteiger partial charge in [-0.3, -0.25) is 9.59 Å². The van der Waals surface area contributed by atoms with Crippen molar-refractivity contribution in [1.82, 2.24) is 9.36 Å². The van der Waals surface area contributed by atoms with Crippen molar-refractivity contribution in [2.75, 3.05) is 10.6 Å². The maximum atomic E-state index is 13.4. The summed E-state index contributed by atoms with van der Waals surface area (Å²) in [6.07, 6.45) is 1.50. The fraction of sp³-hybridized carbons (Fsp3) is 0.360. The van der Waals surface area contributed by atoms with Gasteiger partial charge in [-0.1, -0.05) is 18.9 Å². The first-order valence-electron chi connectivity index (χ1n) is 11.8. The van der Waals surface area contributed by atoms with Crippen molar-refractivity contribution in [3.8, 4) is 22.9 Å². The van der Waals surface area contributed by atoms with E-state index in [4.69, 9.17) is 0 Å². The van der Waals surface area contributed by atoms with Gasteiger partial charge in [0.2, 0.25) is 16.9 Å². The summed E-state index contributed by atoms with van der Waals surface area (Å²) in [5.74, 6) is 0.204. The third-order valence-corrected chi connectivity index (χ3v) is 7.55. The summed E-state index contributed by atoms with van der Waals surface area (Å²) in [5, 5.41) is 6.24. The van der Waals surface area contributed by atoms with Crippen LogP contribution >= 0.6 is 11.5 Å². The van der Waals surface area contributed by atoms with Gasteiger partial charge in [0.05, 0.1) is 5.41 Å². The van der Waals surface area contributed by atoms with Crippen LogP contribution in [0.3, 0.4) is 0 Å². The first-order chi connectivity index (χ1) is 17.3. The summed E-state index contributed by atoms with van der Waals surface area (Å²) in [6, 6.07) is 11.6. The Morgan fingerprint density at radius 3 is 2.42 bits per heavy atom. The molecule has 3 aliphatic rings. The standard InChI is InChI=1S/C25H22F2N4O4S/c26-25(27)34-18-10-7-16(13-19(18)35-25)24(11-12-24)22(33)28-17-8-5-14(6-9-17)20-29-23(36-31-20)30-21(32)15-3-1-2-4-15/h5-10,13,15H,1-4,11-12H2,(H,28,33)(H,29,30,31,32). The van der Waals surface area contributed by atoms with Crippen LogP contribution in [0.25, 0.3) is 11.4 Å². The molecule has 0 radical (unpaired) electrons. The average Bonchev–Trinajstić information content (AvgIpc) is 3.17. The van der Waals surface area contributed by atoms with Crippen molar-refractivity contribution in [1.29, 1.82) is 0 Å². The lowest BCUT2D eigenvalue weighted by Crippen LogP contribution is -2.27. The molecule has 2 amide bonds. The van der Waals surface area contributed by atoms with Crippen molar-refractivity contribution in [3.63, 3.8) is 0 Å². The van der Waals surface area contributed by atoms with E-state index in [1.54, 1.807) is 30.3 Å². The summed E-state index contributed by atoms with van der Waals surface area (Å²) in [4.78, 5) is 29.8. The highest BCUT2D eigenvalue weighted by Gasteiger charge is 2.52. The fourth-order valence-corrected chi connectivity index (χ4v) is 5.35. The lowest BCUT2D eigenvalue weighted by Gasteiger charge is -2.16. The zero-order valence-electron chi connectivity index (χ0n) is 19.1. The summed E-state index contributed by atoms with van der Waals surface area (Å²) in [6.45, 7) is 0. The van der Waals surface area contributed by atoms with Crippen LogP contribution in [0.4, 0.5) is 19.6 Å². The summed E-state index contributed by atoms with van der Waals surface area (Å²) in [7, 11) is 0. The van der Waals surface area contributed by atoms with Crippen molar-refractivity contribution in [2.45, 2.75) is 50.2 Å². The molecule has 0 saturated heterocycles. The molecule has 3 aromatic rings. The Morgan fingerprint density at radius 1 is 0.972 bits per heavy atom. The highest BCUT2D eigenvalue weighted by atomic mass is 32.1. The predicted octanol–water partition coefficient (Wildman–Crippen LogP) is 5.33. The van der Waals surface area contributed by atoms with E-state index in [1.165, 1.54) is 12.1 Å². The van der Waals surface area contributed by atoms with Crippen molar-refractivity contribution in [3.05, 3.63) is 48.0 Å². The van der Waals surface area contributed by atoms with Gasteiger partial charge in [-0.2, -0.15) is 9.36 Å². The number of halogens is 2. The minimum absolute atomic E-state index is 0.00145. The number of nitrogens with zero attached hydrogens (tertiary/aromatic N) is 2. The number of carbonyl (C=O) groups excluding carboxylic acids is 2. The van der Waals surface area contributed by atoms with Crippen LogP contribution in [0, 0.1) is 5.92 Å². The maximum Gasteiger partial charge on any atom is 0.586 e. The van der Waals surface area contributed by atoms with Gasteiger partial charge in [0.1, 0.15) is 0 Å². The number of amides is 2. The molecule has 186 valence electrons. The number of hydrogen-bond acceptors (Lipinski definition) is 7. The van der Waals surface area contributed by atoms with Crippen LogP contribution in [0.2, 0.25) is 0 Å². The predicted molar refractivity (Wildman–Crippen MR) is 128 cm³/mol. The molecule has 1 aliphatic heterocycles. The van der Waals surface area contributed by atoms with Gasteiger partial charge < -0.3 is 20.1 Å². The molecule has 0 bridgehead atoms. The lowest BCUT2D eigenvalue weighted by atomic mass is 9.94. The van der Waals surface area contributed by atoms with Gasteiger partial charge >= 0.3 is 6.29 Å². The van der Waals surface area contributed by atoms with Crippen LogP contribution in [0.15, 0.2) is 42.5 Å². The normalized spacial score (nSPS) is 19.2. The van der Waals surface area contributed by atoms with Crippen molar-refractivity contribution in [2.24, 2.45) is 5.92 Å². The second-order valence-electron chi connectivity index (χ2n) is 9.34. The lowest BCUT2D eigenvalue weighted by molar-refractivity contribution is -0.286. The molecular weight excluding hydrogens is 490 g/mol. The Balaban J connectivity index is 1.11. The molecular formula is C25H22F2N4O4S. The first kappa shape index (κ1) is 22.8. The van der Waals surface area contributed by atoms with Crippen LogP contribution < -0.4 is 20.1 Å². The van der Waals surface area contributed by atoms with E-state index >= 15 is 0 Å². The highest BCUT2D eigenvalue weighted by Crippen LogP contribution is 2.52. The Kier molecular flexibility index (Phi) is 5.40. The number of aromatic nitrogens is 2. The fourth-order valence-electron chi connectivity index (χ4n) is 4.76. The van der Waals surface area contributed by atoms with Crippen LogP contribution in [-0.4, -0.2) is 27.5 Å². The van der Waals surface area contributed by atoms with E-state index in [0.29, 0.717) is 35.0 Å². The number of ether oxygens (including phenoxy) is 2. The molecule has 0 unspecified atom stereocenters. The molecule has 2 fully saturated rings. The third kappa shape index (κ3) is 4.27. The van der Waals surface area contributed by atoms with Gasteiger partial charge in [-0.15, -0.1) is 8.78 Å². The SMILES string of the molecule is O=C(Nc1nc(-c2ccc(NC(=O)C3(c4ccc5c(c4)OC(F)(F)O5)CC3)cc2)ns1)C1CCCC1. The van der Waals surface area contributed by atoms with Gasteiger partial charge in [0, 0.05) is 28.7 Å². The minimum atomic E-state index is -3.70. The van der Waals surface area contributed by atoms with Crippen molar-refractivity contribution >= 4 is 34.2 Å². The average molecular weight is 513 g/mol. The van der Waals surface area contributed by atoms with Gasteiger partial charge in [0.25, 0.3) is 0 Å². The molecule has 11 heteroatoms. The Hall–Kier alpha value is -3.60. The topological polar surface area (TPSA) is 102 Å². The van der Waals surface area contributed by atoms with Gasteiger partial charge in [-0.05, 0) is 67.6 Å². The van der Waals surface area contributed by atoms with Crippen LogP contribution in [0.1, 0.15) is 44.1 Å². The molecule has 2 N–H and O–H groups in total. The monoisotopic (exact) mass is 512 g/mol. The quantitative estimate of drug-likeness (QED) is 0.463. The van der Waals surface area contributed by atoms with Crippen LogP contribution in [0.5, 0.6) is 11.5 Å². The Bertz CT molecular complexity index is 1330. The number of rotatable bonds is 6. The van der Waals surface area contributed by atoms with E-state index in [-0.39, 0.29) is 29.2 Å². The number of carbonyl (C=O) groups is 2. The van der Waals surface area contributed by atoms with E-state index in [2.05, 4.69) is 29.5 Å². The highest BCUT2D eigenvalue weighted by molar-refractivity contribution is 7.10. The molecule has 2 aliphatic carbocycles. The van der Waals surface area contributed by atoms with E-state index in [9.17, 15) is 18.4 Å². The van der Waals surface area contributed by atoms with E-state index < -0.39 is 11.7 Å². The molecule has 2 aromatic carbocycles. The van der Waals surface area contributed by atoms with Crippen molar-refractivity contribution < 1.29 is 27.8 Å². The maximum absolute atomic E-state index is 13.4. The van der Waals surface area contributed by atoms with Gasteiger partial charge in [0.15, 0.2) is 17.3 Å². The van der Waals surface area contributed by atoms with E-state index in [1.807, 2.05) is 0 Å². The summed E-state index contributed by atoms with van der Waals surface area (Å²) in [5.41, 5.74) is 1.16. The molecule has 36 heavy (non-hydrogen) atoms. The number of fused-ring (bicyclic) bond motifs is 1. The second kappa shape index (κ2) is 8.51. The Labute approximate surface area is 209 Å². The molecule has 0 atom stereocenters. The number of hydrogen-bond donors (Lipinski definition) is 2. The summed E-state index contributed by atoms with van der Waals surface area (Å²) >= 11 is 1.13. The molecule has 2 saturated carbocycles. The molecule has 2 heterocycles. The summed E-state index contributed by atoms with van der Waals surface area (Å²) < 4.78 is 40.0. The minimum Gasteiger partial charge on any atom is -0.395 e.